The largest absolute Gasteiger partial charge is 0.494 e. The van der Waals surface area contributed by atoms with E-state index in [9.17, 15) is 4.79 Å². The highest BCUT2D eigenvalue weighted by molar-refractivity contribution is 14.1. The SMILES string of the molecule is CCOc1ccc(N=Cc2cc(I)c(OCc3ccc(C(=O)O)cc3)c(OC)c2)cc1. The van der Waals surface area contributed by atoms with E-state index in [0.29, 0.717) is 24.7 Å². The van der Waals surface area contributed by atoms with Crippen molar-refractivity contribution in [1.29, 1.82) is 0 Å². The second-order valence-electron chi connectivity index (χ2n) is 6.51. The molecule has 3 aromatic rings. The number of hydrogen-bond donors (Lipinski definition) is 1. The lowest BCUT2D eigenvalue weighted by Crippen LogP contribution is -2.02. The lowest BCUT2D eigenvalue weighted by atomic mass is 10.1. The molecule has 0 spiro atoms. The van der Waals surface area contributed by atoms with Crippen molar-refractivity contribution in [2.45, 2.75) is 13.5 Å². The Labute approximate surface area is 194 Å². The van der Waals surface area contributed by atoms with Gasteiger partial charge in [0.2, 0.25) is 0 Å². The van der Waals surface area contributed by atoms with Gasteiger partial charge in [0, 0.05) is 6.21 Å². The van der Waals surface area contributed by atoms with Crippen molar-refractivity contribution in [3.8, 4) is 17.2 Å². The molecule has 0 unspecified atom stereocenters. The van der Waals surface area contributed by atoms with Gasteiger partial charge in [-0.3, -0.25) is 4.99 Å². The molecule has 31 heavy (non-hydrogen) atoms. The maximum Gasteiger partial charge on any atom is 0.335 e. The molecule has 0 bridgehead atoms. The molecule has 0 aliphatic carbocycles. The van der Waals surface area contributed by atoms with Crippen LogP contribution in [0.2, 0.25) is 0 Å². The Kier molecular flexibility index (Phi) is 7.88. The van der Waals surface area contributed by atoms with Crippen molar-refractivity contribution >= 4 is 40.5 Å². The number of methoxy groups -OCH3 is 1. The fraction of sp³-hybridized carbons (Fsp3) is 0.167. The summed E-state index contributed by atoms with van der Waals surface area (Å²) in [7, 11) is 1.59. The topological polar surface area (TPSA) is 77.4 Å². The lowest BCUT2D eigenvalue weighted by Gasteiger charge is -2.13. The fourth-order valence-corrected chi connectivity index (χ4v) is 3.58. The molecule has 7 heteroatoms. The molecule has 160 valence electrons. The van der Waals surface area contributed by atoms with E-state index in [4.69, 9.17) is 19.3 Å². The number of halogens is 1. The zero-order valence-electron chi connectivity index (χ0n) is 17.2. The van der Waals surface area contributed by atoms with Crippen LogP contribution in [0.25, 0.3) is 0 Å². The molecule has 6 nitrogen and oxygen atoms in total. The smallest absolute Gasteiger partial charge is 0.335 e. The minimum absolute atomic E-state index is 0.243. The minimum atomic E-state index is -0.953. The summed E-state index contributed by atoms with van der Waals surface area (Å²) in [5.41, 5.74) is 2.81. The number of nitrogens with zero attached hydrogens (tertiary/aromatic N) is 1. The maximum absolute atomic E-state index is 11.0. The predicted octanol–water partition coefficient (Wildman–Crippen LogP) is 5.73. The van der Waals surface area contributed by atoms with Gasteiger partial charge >= 0.3 is 5.97 Å². The number of hydrogen-bond acceptors (Lipinski definition) is 5. The number of ether oxygens (including phenoxy) is 3. The van der Waals surface area contributed by atoms with Crippen molar-refractivity contribution in [2.75, 3.05) is 13.7 Å². The average Bonchev–Trinajstić information content (AvgIpc) is 2.78. The van der Waals surface area contributed by atoms with Crippen LogP contribution in [-0.4, -0.2) is 31.0 Å². The number of carbonyl (C=O) groups is 1. The van der Waals surface area contributed by atoms with Crippen molar-refractivity contribution < 1.29 is 24.1 Å². The van der Waals surface area contributed by atoms with Crippen molar-refractivity contribution in [2.24, 2.45) is 4.99 Å². The van der Waals surface area contributed by atoms with Crippen LogP contribution in [-0.2, 0) is 6.61 Å². The quantitative estimate of drug-likeness (QED) is 0.282. The molecule has 0 saturated heterocycles. The van der Waals surface area contributed by atoms with E-state index in [-0.39, 0.29) is 5.56 Å². The fourth-order valence-electron chi connectivity index (χ4n) is 2.80. The third-order valence-corrected chi connectivity index (χ3v) is 5.15. The first-order valence-electron chi connectivity index (χ1n) is 9.59. The first kappa shape index (κ1) is 22.6. The molecule has 1 N–H and O–H groups in total. The molecule has 0 saturated carbocycles. The predicted molar refractivity (Wildman–Crippen MR) is 128 cm³/mol. The maximum atomic E-state index is 11.0. The number of carboxylic acid groups (broad SMARTS) is 1. The molecular weight excluding hydrogens is 509 g/mol. The second kappa shape index (κ2) is 10.8. The van der Waals surface area contributed by atoms with Gasteiger partial charge < -0.3 is 19.3 Å². The van der Waals surface area contributed by atoms with Gasteiger partial charge in [0.15, 0.2) is 11.5 Å². The third kappa shape index (κ3) is 6.21. The van der Waals surface area contributed by atoms with Crippen LogP contribution >= 0.6 is 22.6 Å². The molecule has 0 fully saturated rings. The number of aromatic carboxylic acids is 1. The second-order valence-corrected chi connectivity index (χ2v) is 7.67. The van der Waals surface area contributed by atoms with E-state index < -0.39 is 5.97 Å². The van der Waals surface area contributed by atoms with Gasteiger partial charge in [-0.25, -0.2) is 4.79 Å². The number of aliphatic imine (C=N–C) groups is 1. The van der Waals surface area contributed by atoms with Crippen molar-refractivity contribution in [3.05, 3.63) is 80.9 Å². The Hall–Kier alpha value is -3.07. The van der Waals surface area contributed by atoms with Gasteiger partial charge in [0.05, 0.1) is 28.5 Å². The summed E-state index contributed by atoms with van der Waals surface area (Å²) < 4.78 is 17.8. The lowest BCUT2D eigenvalue weighted by molar-refractivity contribution is 0.0697. The van der Waals surface area contributed by atoms with E-state index in [1.807, 2.05) is 43.3 Å². The third-order valence-electron chi connectivity index (χ3n) is 4.35. The van der Waals surface area contributed by atoms with Crippen LogP contribution in [0.15, 0.2) is 65.7 Å². The first-order valence-corrected chi connectivity index (χ1v) is 10.7. The van der Waals surface area contributed by atoms with Crippen LogP contribution in [0.5, 0.6) is 17.2 Å². The Balaban J connectivity index is 1.72. The Morgan fingerprint density at radius 1 is 1.06 bits per heavy atom. The summed E-state index contributed by atoms with van der Waals surface area (Å²) in [5.74, 6) is 1.09. The standard InChI is InChI=1S/C24H22INO5/c1-3-30-20-10-8-19(9-11-20)26-14-17-12-21(25)23(22(13-17)29-2)31-15-16-4-6-18(7-5-16)24(27)28/h4-14H,3,15H2,1-2H3,(H,27,28). The van der Waals surface area contributed by atoms with Crippen molar-refractivity contribution in [1.82, 2.24) is 0 Å². The molecule has 0 atom stereocenters. The molecule has 0 amide bonds. The van der Waals surface area contributed by atoms with Crippen LogP contribution < -0.4 is 14.2 Å². The first-order chi connectivity index (χ1) is 15.0. The Morgan fingerprint density at radius 2 is 1.77 bits per heavy atom. The monoisotopic (exact) mass is 531 g/mol. The summed E-state index contributed by atoms with van der Waals surface area (Å²) in [6.07, 6.45) is 1.77. The highest BCUT2D eigenvalue weighted by Gasteiger charge is 2.12. The van der Waals surface area contributed by atoms with E-state index in [0.717, 1.165) is 26.1 Å². The van der Waals surface area contributed by atoms with Gasteiger partial charge in [-0.15, -0.1) is 0 Å². The van der Waals surface area contributed by atoms with E-state index in [1.54, 1.807) is 37.6 Å². The summed E-state index contributed by atoms with van der Waals surface area (Å²) in [4.78, 5) is 15.5. The molecule has 0 aliphatic rings. The van der Waals surface area contributed by atoms with E-state index >= 15 is 0 Å². The van der Waals surface area contributed by atoms with Gasteiger partial charge in [0.1, 0.15) is 12.4 Å². The van der Waals surface area contributed by atoms with Gasteiger partial charge in [0.25, 0.3) is 0 Å². The molecule has 3 aromatic carbocycles. The highest BCUT2D eigenvalue weighted by Crippen LogP contribution is 2.34. The molecule has 0 radical (unpaired) electrons. The summed E-state index contributed by atoms with van der Waals surface area (Å²) in [6, 6.07) is 18.0. The summed E-state index contributed by atoms with van der Waals surface area (Å²) >= 11 is 2.20. The number of rotatable bonds is 9. The van der Waals surface area contributed by atoms with Crippen molar-refractivity contribution in [3.63, 3.8) is 0 Å². The van der Waals surface area contributed by atoms with Gasteiger partial charge in [-0.05, 0) is 89.2 Å². The van der Waals surface area contributed by atoms with Gasteiger partial charge in [-0.1, -0.05) is 12.1 Å². The van der Waals surface area contributed by atoms with Gasteiger partial charge in [-0.2, -0.15) is 0 Å². The Bertz CT molecular complexity index is 1060. The molecular formula is C24H22INO5. The zero-order valence-corrected chi connectivity index (χ0v) is 19.3. The van der Waals surface area contributed by atoms with Crippen LogP contribution in [0, 0.1) is 3.57 Å². The number of benzene rings is 3. The van der Waals surface area contributed by atoms with Crippen LogP contribution in [0.3, 0.4) is 0 Å². The summed E-state index contributed by atoms with van der Waals surface area (Å²) in [6.45, 7) is 2.87. The molecule has 0 aliphatic heterocycles. The van der Waals surface area contributed by atoms with Crippen LogP contribution in [0.4, 0.5) is 5.69 Å². The molecule has 0 aromatic heterocycles. The number of carboxylic acids is 1. The normalized spacial score (nSPS) is 10.8. The minimum Gasteiger partial charge on any atom is -0.494 e. The summed E-state index contributed by atoms with van der Waals surface area (Å²) in [5, 5.41) is 9.00. The van der Waals surface area contributed by atoms with Crippen LogP contribution in [0.1, 0.15) is 28.4 Å². The highest BCUT2D eigenvalue weighted by atomic mass is 127. The molecule has 0 heterocycles. The molecule has 3 rings (SSSR count). The average molecular weight is 531 g/mol. The van der Waals surface area contributed by atoms with E-state index in [1.165, 1.54) is 0 Å². The Morgan fingerprint density at radius 3 is 2.39 bits per heavy atom. The van der Waals surface area contributed by atoms with E-state index in [2.05, 4.69) is 27.6 Å². The zero-order chi connectivity index (χ0) is 22.2.